The highest BCUT2D eigenvalue weighted by Crippen LogP contribution is 2.71. The minimum atomic E-state index is -1.89. The summed E-state index contributed by atoms with van der Waals surface area (Å²) in [4.78, 5) is 0. The van der Waals surface area contributed by atoms with Crippen molar-refractivity contribution in [2.75, 3.05) is 0 Å². The number of hydrogen-bond acceptors (Lipinski definition) is 1. The topological polar surface area (TPSA) is 17.1 Å². The third-order valence-corrected chi connectivity index (χ3v) is 9.64. The molecule has 2 fully saturated rings. The van der Waals surface area contributed by atoms with Crippen LogP contribution < -0.4 is 0 Å². The molecule has 0 aliphatic carbocycles. The van der Waals surface area contributed by atoms with Crippen molar-refractivity contribution in [3.05, 3.63) is 0 Å². The zero-order valence-corrected chi connectivity index (χ0v) is 9.11. The molecule has 0 aromatic heterocycles. The highest BCUT2D eigenvalue weighted by Gasteiger charge is 2.43. The van der Waals surface area contributed by atoms with Gasteiger partial charge in [0.2, 0.25) is 0 Å². The fourth-order valence-corrected chi connectivity index (χ4v) is 7.66. The minimum absolute atomic E-state index is 0.537. The summed E-state index contributed by atoms with van der Waals surface area (Å²) in [5.41, 5.74) is 1.07. The smallest absolute Gasteiger partial charge is 0.153 e. The van der Waals surface area contributed by atoms with Crippen molar-refractivity contribution in [2.24, 2.45) is 0 Å². The van der Waals surface area contributed by atoms with Gasteiger partial charge in [-0.1, -0.05) is 12.8 Å². The summed E-state index contributed by atoms with van der Waals surface area (Å²) < 4.78 is 12.1. The molecule has 0 atom stereocenters. The number of halogens is 1. The number of rotatable bonds is 0. The standard InChI is InChI=1S/C8H14BrOP/c9-11(10)7-3-1-4-8(11)6-2-5-7/h7-8H,1-6H2. The van der Waals surface area contributed by atoms with Crippen molar-refractivity contribution in [3.63, 3.8) is 0 Å². The predicted molar refractivity (Wildman–Crippen MR) is 51.8 cm³/mol. The fourth-order valence-electron chi connectivity index (χ4n) is 2.47. The average Bonchev–Trinajstić information content (AvgIpc) is 1.82. The highest BCUT2D eigenvalue weighted by molar-refractivity contribution is 9.40. The molecule has 0 amide bonds. The molecule has 2 saturated heterocycles. The summed E-state index contributed by atoms with van der Waals surface area (Å²) in [6, 6.07) is 0. The minimum Gasteiger partial charge on any atom is -0.311 e. The first-order valence-electron chi connectivity index (χ1n) is 4.50. The average molecular weight is 237 g/mol. The van der Waals surface area contributed by atoms with Crippen LogP contribution in [0.25, 0.3) is 0 Å². The summed E-state index contributed by atoms with van der Waals surface area (Å²) in [6.07, 6.45) is 7.45. The van der Waals surface area contributed by atoms with Crippen molar-refractivity contribution in [1.82, 2.24) is 0 Å². The van der Waals surface area contributed by atoms with E-state index in [4.69, 9.17) is 0 Å². The zero-order valence-electron chi connectivity index (χ0n) is 6.63. The van der Waals surface area contributed by atoms with Gasteiger partial charge in [0.25, 0.3) is 0 Å². The van der Waals surface area contributed by atoms with Crippen molar-refractivity contribution in [3.8, 4) is 0 Å². The van der Waals surface area contributed by atoms with Gasteiger partial charge in [0.1, 0.15) is 0 Å². The predicted octanol–water partition coefficient (Wildman–Crippen LogP) is 3.76. The molecule has 0 spiro atoms. The Morgan fingerprint density at radius 1 is 1.00 bits per heavy atom. The van der Waals surface area contributed by atoms with Crippen LogP contribution >= 0.6 is 21.3 Å². The monoisotopic (exact) mass is 236 g/mol. The normalized spacial score (nSPS) is 50.6. The largest absolute Gasteiger partial charge is 0.311 e. The zero-order chi connectivity index (χ0) is 7.90. The maximum Gasteiger partial charge on any atom is 0.153 e. The van der Waals surface area contributed by atoms with Gasteiger partial charge in [0.15, 0.2) is 5.84 Å². The van der Waals surface area contributed by atoms with Gasteiger partial charge in [-0.2, -0.15) is 0 Å². The molecule has 11 heavy (non-hydrogen) atoms. The van der Waals surface area contributed by atoms with E-state index in [9.17, 15) is 4.57 Å². The Balaban J connectivity index is 2.24. The maximum absolute atomic E-state index is 12.1. The molecule has 0 N–H and O–H groups in total. The van der Waals surface area contributed by atoms with Crippen molar-refractivity contribution in [1.29, 1.82) is 0 Å². The summed E-state index contributed by atoms with van der Waals surface area (Å²) in [5, 5.41) is 0. The first-order valence-corrected chi connectivity index (χ1v) is 8.36. The maximum atomic E-state index is 12.1. The lowest BCUT2D eigenvalue weighted by atomic mass is 9.99. The van der Waals surface area contributed by atoms with Gasteiger partial charge >= 0.3 is 0 Å². The molecular weight excluding hydrogens is 223 g/mol. The van der Waals surface area contributed by atoms with Crippen molar-refractivity contribution >= 4 is 21.3 Å². The van der Waals surface area contributed by atoms with Gasteiger partial charge in [-0.3, -0.25) is 0 Å². The summed E-state index contributed by atoms with van der Waals surface area (Å²) in [5.74, 6) is -1.89. The van der Waals surface area contributed by atoms with Crippen LogP contribution in [-0.4, -0.2) is 11.3 Å². The molecule has 2 bridgehead atoms. The Morgan fingerprint density at radius 3 is 1.64 bits per heavy atom. The molecule has 2 aliphatic heterocycles. The lowest BCUT2D eigenvalue weighted by molar-refractivity contribution is 0.441. The summed E-state index contributed by atoms with van der Waals surface area (Å²) in [7, 11) is 0. The first-order chi connectivity index (χ1) is 5.21. The van der Waals surface area contributed by atoms with Crippen molar-refractivity contribution in [2.45, 2.75) is 49.8 Å². The molecule has 64 valence electrons. The van der Waals surface area contributed by atoms with Crippen LogP contribution in [0.5, 0.6) is 0 Å². The van der Waals surface area contributed by atoms with Crippen LogP contribution in [0.4, 0.5) is 0 Å². The molecule has 0 saturated carbocycles. The molecule has 0 aromatic carbocycles. The van der Waals surface area contributed by atoms with Crippen LogP contribution in [0.15, 0.2) is 0 Å². The quantitative estimate of drug-likeness (QED) is 0.586. The molecule has 0 aromatic rings. The van der Waals surface area contributed by atoms with Crippen LogP contribution in [0.2, 0.25) is 0 Å². The Kier molecular flexibility index (Phi) is 2.18. The molecular formula is C8H14BrOP. The third-order valence-electron chi connectivity index (χ3n) is 3.15. The van der Waals surface area contributed by atoms with E-state index in [-0.39, 0.29) is 0 Å². The van der Waals surface area contributed by atoms with Crippen molar-refractivity contribution < 1.29 is 4.57 Å². The van der Waals surface area contributed by atoms with Crippen LogP contribution in [0.1, 0.15) is 38.5 Å². The van der Waals surface area contributed by atoms with Gasteiger partial charge in [0.05, 0.1) is 0 Å². The second kappa shape index (κ2) is 2.88. The Labute approximate surface area is 76.1 Å². The lowest BCUT2D eigenvalue weighted by Gasteiger charge is -2.39. The summed E-state index contributed by atoms with van der Waals surface area (Å²) >= 11 is 3.49. The Hall–Kier alpha value is 0.710. The molecule has 2 rings (SSSR count). The highest BCUT2D eigenvalue weighted by atomic mass is 79.9. The van der Waals surface area contributed by atoms with E-state index in [0.29, 0.717) is 11.3 Å². The van der Waals surface area contributed by atoms with Crippen LogP contribution in [0.3, 0.4) is 0 Å². The van der Waals surface area contributed by atoms with Crippen LogP contribution in [0, 0.1) is 0 Å². The first kappa shape index (κ1) is 8.31. The van der Waals surface area contributed by atoms with E-state index in [2.05, 4.69) is 15.5 Å². The van der Waals surface area contributed by atoms with Gasteiger partial charge in [-0.05, 0) is 41.2 Å². The second-order valence-electron chi connectivity index (χ2n) is 3.79. The molecule has 2 aliphatic rings. The van der Waals surface area contributed by atoms with Gasteiger partial charge in [0, 0.05) is 11.3 Å². The van der Waals surface area contributed by atoms with E-state index in [0.717, 1.165) is 0 Å². The van der Waals surface area contributed by atoms with E-state index in [1.54, 1.807) is 0 Å². The molecule has 0 radical (unpaired) electrons. The SMILES string of the molecule is O=P1(Br)C2CCCC1CCC2. The number of fused-ring (bicyclic) bond motifs is 2. The third kappa shape index (κ3) is 1.33. The van der Waals surface area contributed by atoms with E-state index >= 15 is 0 Å². The lowest BCUT2D eigenvalue weighted by Crippen LogP contribution is -2.26. The van der Waals surface area contributed by atoms with Gasteiger partial charge in [-0.25, -0.2) is 0 Å². The molecule has 1 nitrogen and oxygen atoms in total. The molecule has 2 heterocycles. The number of hydrogen-bond donors (Lipinski definition) is 0. The Morgan fingerprint density at radius 2 is 1.36 bits per heavy atom. The van der Waals surface area contributed by atoms with Gasteiger partial charge < -0.3 is 4.57 Å². The van der Waals surface area contributed by atoms with E-state index in [1.165, 1.54) is 38.5 Å². The second-order valence-corrected chi connectivity index (χ2v) is 9.83. The molecule has 3 heteroatoms. The summed E-state index contributed by atoms with van der Waals surface area (Å²) in [6.45, 7) is 0. The fraction of sp³-hybridized carbons (Fsp3) is 1.00. The van der Waals surface area contributed by atoms with Crippen LogP contribution in [-0.2, 0) is 4.57 Å². The van der Waals surface area contributed by atoms with Gasteiger partial charge in [-0.15, -0.1) is 0 Å². The van der Waals surface area contributed by atoms with E-state index in [1.807, 2.05) is 0 Å². The molecule has 0 unspecified atom stereocenters. The Bertz CT molecular complexity index is 178. The van der Waals surface area contributed by atoms with E-state index < -0.39 is 5.84 Å².